The molecule has 22 heavy (non-hydrogen) atoms. The molecular weight excluding hydrogens is 288 g/mol. The Labute approximate surface area is 126 Å². The predicted octanol–water partition coefficient (Wildman–Crippen LogP) is 3.69. The summed E-state index contributed by atoms with van der Waals surface area (Å²) in [5.74, 6) is -1.46. The number of aliphatic imine (C=N–C) groups is 1. The molecule has 0 aliphatic carbocycles. The third-order valence-corrected chi connectivity index (χ3v) is 3.53. The maximum Gasteiger partial charge on any atom is 0.222 e. The van der Waals surface area contributed by atoms with Crippen molar-refractivity contribution in [3.05, 3.63) is 70.8 Å². The quantitative estimate of drug-likeness (QED) is 0.811. The third kappa shape index (κ3) is 2.62. The van der Waals surface area contributed by atoms with Crippen molar-refractivity contribution in [1.29, 1.82) is 0 Å². The van der Waals surface area contributed by atoms with Crippen LogP contribution in [-0.4, -0.2) is 18.3 Å². The number of hydrogen-bond donors (Lipinski definition) is 0. The second kappa shape index (κ2) is 5.67. The highest BCUT2D eigenvalue weighted by atomic mass is 19.1. The Kier molecular flexibility index (Phi) is 3.71. The second-order valence-electron chi connectivity index (χ2n) is 5.04. The summed E-state index contributed by atoms with van der Waals surface area (Å²) in [4.78, 5) is 15.5. The Balaban J connectivity index is 1.89. The summed E-state index contributed by atoms with van der Waals surface area (Å²) in [5, 5.41) is 0. The van der Waals surface area contributed by atoms with Crippen LogP contribution < -0.4 is 0 Å². The van der Waals surface area contributed by atoms with Crippen LogP contribution in [0.15, 0.2) is 47.5 Å². The van der Waals surface area contributed by atoms with Gasteiger partial charge in [0.05, 0.1) is 0 Å². The van der Waals surface area contributed by atoms with Gasteiger partial charge in [-0.15, -0.1) is 0 Å². The fourth-order valence-electron chi connectivity index (χ4n) is 2.32. The molecule has 0 saturated carbocycles. The summed E-state index contributed by atoms with van der Waals surface area (Å²) in [6.07, 6.45) is 0. The molecule has 112 valence electrons. The number of nitrogens with zero attached hydrogens (tertiary/aromatic N) is 1. The van der Waals surface area contributed by atoms with E-state index >= 15 is 0 Å². The lowest BCUT2D eigenvalue weighted by Crippen LogP contribution is -2.07. The monoisotopic (exact) mass is 301 g/mol. The Morgan fingerprint density at radius 2 is 1.77 bits per heavy atom. The minimum Gasteiger partial charge on any atom is -0.475 e. The van der Waals surface area contributed by atoms with Gasteiger partial charge in [0.1, 0.15) is 29.8 Å². The smallest absolute Gasteiger partial charge is 0.222 e. The molecule has 0 aromatic heterocycles. The fraction of sp³-hybridized carbons (Fsp3) is 0.176. The molecule has 3 nitrogen and oxygen atoms in total. The molecule has 1 aliphatic heterocycles. The number of carbonyl (C=O) groups excluding carboxylic acids is 1. The lowest BCUT2D eigenvalue weighted by Gasteiger charge is -2.05. The van der Waals surface area contributed by atoms with Gasteiger partial charge in [-0.1, -0.05) is 30.3 Å². The summed E-state index contributed by atoms with van der Waals surface area (Å²) >= 11 is 0. The van der Waals surface area contributed by atoms with Gasteiger partial charge in [0, 0.05) is 5.56 Å². The van der Waals surface area contributed by atoms with E-state index < -0.39 is 11.6 Å². The summed E-state index contributed by atoms with van der Waals surface area (Å²) in [7, 11) is 0. The first-order valence-electron chi connectivity index (χ1n) is 6.82. The van der Waals surface area contributed by atoms with E-state index in [-0.39, 0.29) is 29.9 Å². The highest BCUT2D eigenvalue weighted by molar-refractivity contribution is 5.96. The molecule has 2 aromatic rings. The Morgan fingerprint density at radius 1 is 1.14 bits per heavy atom. The Morgan fingerprint density at radius 3 is 2.36 bits per heavy atom. The van der Waals surface area contributed by atoms with Gasteiger partial charge in [0.15, 0.2) is 5.78 Å². The van der Waals surface area contributed by atoms with Crippen LogP contribution in [0, 0.1) is 11.6 Å². The lowest BCUT2D eigenvalue weighted by molar-refractivity contribution is 0.101. The molecule has 3 rings (SSSR count). The van der Waals surface area contributed by atoms with Crippen LogP contribution in [0.5, 0.6) is 0 Å². The second-order valence-corrected chi connectivity index (χ2v) is 5.04. The van der Waals surface area contributed by atoms with Gasteiger partial charge in [-0.25, -0.2) is 13.8 Å². The maximum absolute atomic E-state index is 13.7. The van der Waals surface area contributed by atoms with Crippen molar-refractivity contribution in [1.82, 2.24) is 0 Å². The number of carbonyl (C=O) groups is 1. The number of hydrogen-bond acceptors (Lipinski definition) is 3. The normalized spacial score (nSPS) is 17.0. The van der Waals surface area contributed by atoms with E-state index in [2.05, 4.69) is 4.99 Å². The first-order chi connectivity index (χ1) is 10.6. The van der Waals surface area contributed by atoms with E-state index in [1.54, 1.807) is 24.3 Å². The Bertz CT molecular complexity index is 734. The zero-order chi connectivity index (χ0) is 15.7. The van der Waals surface area contributed by atoms with Gasteiger partial charge < -0.3 is 4.74 Å². The van der Waals surface area contributed by atoms with Crippen LogP contribution >= 0.6 is 0 Å². The van der Waals surface area contributed by atoms with Gasteiger partial charge >= 0.3 is 0 Å². The van der Waals surface area contributed by atoms with Crippen molar-refractivity contribution in [2.24, 2.45) is 4.99 Å². The molecule has 0 amide bonds. The number of halogens is 2. The molecule has 0 radical (unpaired) electrons. The summed E-state index contributed by atoms with van der Waals surface area (Å²) in [6.45, 7) is 1.70. The third-order valence-electron chi connectivity index (χ3n) is 3.53. The van der Waals surface area contributed by atoms with Gasteiger partial charge in [-0.05, 0) is 24.6 Å². The van der Waals surface area contributed by atoms with Crippen molar-refractivity contribution in [2.75, 3.05) is 6.61 Å². The average molecular weight is 301 g/mol. The van der Waals surface area contributed by atoms with Gasteiger partial charge in [0.25, 0.3) is 0 Å². The topological polar surface area (TPSA) is 38.7 Å². The standard InChI is InChI=1S/C17H13F2NO2/c1-10(21)11-5-7-12(8-6-11)15-9-22-17(20-15)16-13(18)3-2-4-14(16)19/h2-8,15H,9H2,1H3. The number of ketones is 1. The molecule has 1 unspecified atom stereocenters. The molecule has 0 N–H and O–H groups in total. The molecule has 5 heteroatoms. The molecule has 0 saturated heterocycles. The molecule has 1 aliphatic rings. The van der Waals surface area contributed by atoms with Crippen molar-refractivity contribution in [3.8, 4) is 0 Å². The van der Waals surface area contributed by atoms with Crippen molar-refractivity contribution in [2.45, 2.75) is 13.0 Å². The molecule has 1 atom stereocenters. The first-order valence-corrected chi connectivity index (χ1v) is 6.82. The molecule has 0 fully saturated rings. The van der Waals surface area contributed by atoms with E-state index in [9.17, 15) is 13.6 Å². The summed E-state index contributed by atoms with van der Waals surface area (Å²) < 4.78 is 32.8. The van der Waals surface area contributed by atoms with Crippen molar-refractivity contribution in [3.63, 3.8) is 0 Å². The molecule has 0 bridgehead atoms. The molecule has 2 aromatic carbocycles. The van der Waals surface area contributed by atoms with Crippen LogP contribution in [0.25, 0.3) is 0 Å². The zero-order valence-corrected chi connectivity index (χ0v) is 11.8. The number of Topliss-reactive ketones (excluding diaryl/α,β-unsaturated/α-hetero) is 1. The first kappa shape index (κ1) is 14.4. The van der Waals surface area contributed by atoms with E-state index in [4.69, 9.17) is 4.74 Å². The number of rotatable bonds is 3. The highest BCUT2D eigenvalue weighted by Gasteiger charge is 2.26. The predicted molar refractivity (Wildman–Crippen MR) is 78.0 cm³/mol. The van der Waals surface area contributed by atoms with Gasteiger partial charge in [-0.3, -0.25) is 4.79 Å². The summed E-state index contributed by atoms with van der Waals surface area (Å²) in [6, 6.07) is 10.2. The largest absolute Gasteiger partial charge is 0.475 e. The van der Waals surface area contributed by atoms with E-state index in [0.717, 1.165) is 5.56 Å². The van der Waals surface area contributed by atoms with E-state index in [0.29, 0.717) is 5.56 Å². The van der Waals surface area contributed by atoms with Gasteiger partial charge in [0.2, 0.25) is 5.90 Å². The van der Waals surface area contributed by atoms with Crippen molar-refractivity contribution < 1.29 is 18.3 Å². The molecule has 1 heterocycles. The van der Waals surface area contributed by atoms with Crippen molar-refractivity contribution >= 4 is 11.7 Å². The number of ether oxygens (including phenoxy) is 1. The fourth-order valence-corrected chi connectivity index (χ4v) is 2.32. The van der Waals surface area contributed by atoms with Gasteiger partial charge in [-0.2, -0.15) is 0 Å². The zero-order valence-electron chi connectivity index (χ0n) is 11.8. The maximum atomic E-state index is 13.7. The van der Waals surface area contributed by atoms with Crippen LogP contribution in [0.2, 0.25) is 0 Å². The molecule has 0 spiro atoms. The molecular formula is C17H13F2NO2. The van der Waals surface area contributed by atoms with E-state index in [1.165, 1.54) is 25.1 Å². The minimum atomic E-state index is -0.702. The van der Waals surface area contributed by atoms with Crippen LogP contribution in [-0.2, 0) is 4.74 Å². The summed E-state index contributed by atoms with van der Waals surface area (Å²) in [5.41, 5.74) is 1.19. The van der Waals surface area contributed by atoms with Crippen LogP contribution in [0.4, 0.5) is 8.78 Å². The van der Waals surface area contributed by atoms with Crippen LogP contribution in [0.1, 0.15) is 34.5 Å². The minimum absolute atomic E-state index is 0.0214. The number of benzene rings is 2. The highest BCUT2D eigenvalue weighted by Crippen LogP contribution is 2.27. The lowest BCUT2D eigenvalue weighted by atomic mass is 10.0. The SMILES string of the molecule is CC(=O)c1ccc(C2COC(c3c(F)cccc3F)=N2)cc1. The van der Waals surface area contributed by atoms with Crippen LogP contribution in [0.3, 0.4) is 0 Å². The van der Waals surface area contributed by atoms with E-state index in [1.807, 2.05) is 0 Å². The Hall–Kier alpha value is -2.56. The average Bonchev–Trinajstić information content (AvgIpc) is 2.97.